The molecule has 1 heterocycles. The van der Waals surface area contributed by atoms with Gasteiger partial charge in [-0.3, -0.25) is 19.3 Å². The average Bonchev–Trinajstić information content (AvgIpc) is 3.33. The zero-order chi connectivity index (χ0) is 31.9. The summed E-state index contributed by atoms with van der Waals surface area (Å²) in [6.07, 6.45) is 0.232. The molecule has 0 spiro atoms. The smallest absolute Gasteiger partial charge is 0.329 e. The molecule has 1 fully saturated rings. The lowest BCUT2D eigenvalue weighted by molar-refractivity contribution is -0.160. The first kappa shape index (κ1) is 29.5. The molecule has 1 N–H and O–H groups in total. The van der Waals surface area contributed by atoms with Crippen molar-refractivity contribution < 1.29 is 28.7 Å². The maximum atomic E-state index is 14.2. The molecule has 8 nitrogen and oxygen atoms in total. The first-order chi connectivity index (χ1) is 22.3. The Balaban J connectivity index is 1.06. The lowest BCUT2D eigenvalue weighted by Gasteiger charge is -2.45. The Labute approximate surface area is 267 Å². The third-order valence-corrected chi connectivity index (χ3v) is 9.22. The van der Waals surface area contributed by atoms with E-state index in [0.29, 0.717) is 17.2 Å². The Morgan fingerprint density at radius 1 is 0.696 bits per heavy atom. The maximum Gasteiger partial charge on any atom is 0.329 e. The van der Waals surface area contributed by atoms with Gasteiger partial charge in [0.1, 0.15) is 17.5 Å². The number of amides is 3. The zero-order valence-electron chi connectivity index (χ0n) is 25.6. The Morgan fingerprint density at radius 2 is 1.17 bits per heavy atom. The van der Waals surface area contributed by atoms with Crippen LogP contribution in [-0.4, -0.2) is 41.2 Å². The summed E-state index contributed by atoms with van der Waals surface area (Å²) in [4.78, 5) is 55.9. The van der Waals surface area contributed by atoms with Crippen LogP contribution in [0.2, 0.25) is 0 Å². The van der Waals surface area contributed by atoms with Crippen LogP contribution < -0.4 is 10.1 Å². The molecule has 3 aliphatic carbocycles. The second-order valence-corrected chi connectivity index (χ2v) is 12.6. The lowest BCUT2D eigenvalue weighted by atomic mass is 9.55. The number of hydrogen-bond donors (Lipinski definition) is 1. The predicted molar refractivity (Wildman–Crippen MR) is 171 cm³/mol. The number of anilines is 1. The van der Waals surface area contributed by atoms with Gasteiger partial charge in [-0.1, -0.05) is 80.6 Å². The van der Waals surface area contributed by atoms with Gasteiger partial charge in [0.2, 0.25) is 11.8 Å². The largest absolute Gasteiger partial charge is 0.457 e. The highest BCUT2D eigenvalue weighted by Crippen LogP contribution is 2.61. The number of carbonyl (C=O) groups excluding carboxylic acids is 4. The van der Waals surface area contributed by atoms with Crippen molar-refractivity contribution in [3.8, 4) is 11.5 Å². The summed E-state index contributed by atoms with van der Waals surface area (Å²) in [7, 11) is 0. The molecule has 0 aromatic heterocycles. The van der Waals surface area contributed by atoms with Crippen molar-refractivity contribution in [3.63, 3.8) is 0 Å². The highest BCUT2D eigenvalue weighted by atomic mass is 16.5. The second-order valence-electron chi connectivity index (χ2n) is 12.6. The molecule has 0 unspecified atom stereocenters. The topological polar surface area (TPSA) is 102 Å². The molecular weight excluding hydrogens is 580 g/mol. The van der Waals surface area contributed by atoms with Crippen LogP contribution in [0.25, 0.3) is 0 Å². The van der Waals surface area contributed by atoms with E-state index in [1.54, 1.807) is 24.3 Å². The van der Waals surface area contributed by atoms with E-state index in [-0.39, 0.29) is 36.0 Å². The summed E-state index contributed by atoms with van der Waals surface area (Å²) in [5.74, 6) is -2.45. The van der Waals surface area contributed by atoms with Gasteiger partial charge in [-0.25, -0.2) is 4.79 Å². The molecule has 1 saturated heterocycles. The number of para-hydroxylation sites is 1. The van der Waals surface area contributed by atoms with Gasteiger partial charge >= 0.3 is 5.97 Å². The number of carbonyl (C=O) groups is 4. The summed E-state index contributed by atoms with van der Waals surface area (Å²) in [6, 6.07) is 31.1. The van der Waals surface area contributed by atoms with Crippen molar-refractivity contribution in [2.24, 2.45) is 17.8 Å². The van der Waals surface area contributed by atoms with E-state index in [1.807, 2.05) is 92.7 Å². The van der Waals surface area contributed by atoms with Crippen molar-refractivity contribution in [3.05, 3.63) is 125 Å². The number of nitrogens with one attached hydrogen (secondary N) is 1. The SMILES string of the molecule is CC(C)C[C@H](C(=O)OCC(=O)Nc1ccc(Oc2ccccc2)cc1)N1C(=O)[C@@H]2C3c4ccccc4C(c4ccccc43)[C@@H]2C1=O. The second kappa shape index (κ2) is 11.9. The predicted octanol–water partition coefficient (Wildman–Crippen LogP) is 6.27. The summed E-state index contributed by atoms with van der Waals surface area (Å²) in [5, 5.41) is 2.72. The number of esters is 1. The molecule has 8 heteroatoms. The van der Waals surface area contributed by atoms with E-state index in [2.05, 4.69) is 5.32 Å². The van der Waals surface area contributed by atoms with Crippen molar-refractivity contribution in [2.75, 3.05) is 11.9 Å². The first-order valence-corrected chi connectivity index (χ1v) is 15.7. The first-order valence-electron chi connectivity index (χ1n) is 15.7. The molecule has 4 aliphatic rings. The summed E-state index contributed by atoms with van der Waals surface area (Å²) in [5.41, 5.74) is 4.76. The van der Waals surface area contributed by atoms with Crippen LogP contribution in [0.4, 0.5) is 5.69 Å². The number of ether oxygens (including phenoxy) is 2. The quantitative estimate of drug-likeness (QED) is 0.176. The van der Waals surface area contributed by atoms with Crippen molar-refractivity contribution in [2.45, 2.75) is 38.1 Å². The Hall–Kier alpha value is -5.24. The minimum atomic E-state index is -1.13. The normalized spacial score (nSPS) is 21.3. The van der Waals surface area contributed by atoms with Crippen LogP contribution in [0.15, 0.2) is 103 Å². The number of hydrogen-bond acceptors (Lipinski definition) is 6. The summed E-state index contributed by atoms with van der Waals surface area (Å²) >= 11 is 0. The Kier molecular flexibility index (Phi) is 7.64. The molecule has 46 heavy (non-hydrogen) atoms. The van der Waals surface area contributed by atoms with Gasteiger partial charge in [-0.15, -0.1) is 0 Å². The third-order valence-electron chi connectivity index (χ3n) is 9.22. The van der Waals surface area contributed by atoms with E-state index in [9.17, 15) is 19.2 Å². The molecule has 0 saturated carbocycles. The van der Waals surface area contributed by atoms with Gasteiger partial charge in [0.15, 0.2) is 6.61 Å². The molecule has 3 atom stereocenters. The van der Waals surface area contributed by atoms with Crippen LogP contribution in [0, 0.1) is 17.8 Å². The van der Waals surface area contributed by atoms with Crippen LogP contribution in [0.3, 0.4) is 0 Å². The van der Waals surface area contributed by atoms with E-state index >= 15 is 0 Å². The number of likely N-dealkylation sites (tertiary alicyclic amines) is 1. The van der Waals surface area contributed by atoms with Crippen molar-refractivity contribution >= 4 is 29.4 Å². The third kappa shape index (κ3) is 5.13. The van der Waals surface area contributed by atoms with E-state index in [0.717, 1.165) is 27.2 Å². The Morgan fingerprint density at radius 3 is 1.67 bits per heavy atom. The summed E-state index contributed by atoms with van der Waals surface area (Å²) < 4.78 is 11.3. The molecular formula is C38H34N2O6. The standard InChI is InChI=1S/C38H34N2O6/c1-22(2)20-30(38(44)45-21-31(41)39-23-16-18-25(19-17-23)46-24-10-4-3-5-11-24)40-36(42)34-32-26-12-6-7-13-27(26)33(35(34)37(40)43)29-15-9-8-14-28(29)32/h3-19,22,30,32-35H,20-21H2,1-2H3,(H,39,41)/t30-,32?,33?,34-,35+/m1/s1. The molecule has 3 amide bonds. The van der Waals surface area contributed by atoms with Crippen LogP contribution in [0.1, 0.15) is 54.4 Å². The van der Waals surface area contributed by atoms with Crippen LogP contribution >= 0.6 is 0 Å². The van der Waals surface area contributed by atoms with Gasteiger partial charge in [-0.05, 0) is 71.0 Å². The van der Waals surface area contributed by atoms with E-state index in [1.165, 1.54) is 0 Å². The molecule has 4 aromatic rings. The fraction of sp³-hybridized carbons (Fsp3) is 0.263. The highest BCUT2D eigenvalue weighted by Gasteiger charge is 2.63. The van der Waals surface area contributed by atoms with Crippen LogP contribution in [-0.2, 0) is 23.9 Å². The van der Waals surface area contributed by atoms with E-state index < -0.39 is 36.4 Å². The fourth-order valence-electron chi connectivity index (χ4n) is 7.42. The Bertz CT molecular complexity index is 1700. The average molecular weight is 615 g/mol. The molecule has 8 rings (SSSR count). The zero-order valence-corrected chi connectivity index (χ0v) is 25.6. The minimum absolute atomic E-state index is 0.0164. The molecule has 0 radical (unpaired) electrons. The van der Waals surface area contributed by atoms with Gasteiger partial charge in [0.05, 0.1) is 11.8 Å². The fourth-order valence-corrected chi connectivity index (χ4v) is 7.42. The minimum Gasteiger partial charge on any atom is -0.457 e. The van der Waals surface area contributed by atoms with Crippen molar-refractivity contribution in [1.82, 2.24) is 4.90 Å². The van der Waals surface area contributed by atoms with Crippen molar-refractivity contribution in [1.29, 1.82) is 0 Å². The number of benzene rings is 4. The van der Waals surface area contributed by atoms with Gasteiger partial charge in [0.25, 0.3) is 5.91 Å². The lowest BCUT2D eigenvalue weighted by Crippen LogP contribution is -2.47. The van der Waals surface area contributed by atoms with Gasteiger partial charge in [-0.2, -0.15) is 0 Å². The maximum absolute atomic E-state index is 14.2. The number of rotatable bonds is 9. The van der Waals surface area contributed by atoms with E-state index in [4.69, 9.17) is 9.47 Å². The molecule has 4 aromatic carbocycles. The number of imide groups is 1. The number of nitrogens with zero attached hydrogens (tertiary/aromatic N) is 1. The molecule has 1 aliphatic heterocycles. The highest BCUT2D eigenvalue weighted by molar-refractivity contribution is 6.10. The molecule has 232 valence electrons. The summed E-state index contributed by atoms with van der Waals surface area (Å²) in [6.45, 7) is 3.29. The van der Waals surface area contributed by atoms with Gasteiger partial charge in [0, 0.05) is 17.5 Å². The van der Waals surface area contributed by atoms with Gasteiger partial charge < -0.3 is 14.8 Å². The molecule has 2 bridgehead atoms. The van der Waals surface area contributed by atoms with Crippen LogP contribution in [0.5, 0.6) is 11.5 Å². The monoisotopic (exact) mass is 614 g/mol.